The summed E-state index contributed by atoms with van der Waals surface area (Å²) in [4.78, 5) is 3.85. The Hall–Kier alpha value is -0.810. The van der Waals surface area contributed by atoms with E-state index in [9.17, 15) is 8.42 Å². The van der Waals surface area contributed by atoms with Crippen LogP contribution in [0, 0.1) is 6.92 Å². The van der Waals surface area contributed by atoms with Crippen LogP contribution in [0.4, 0.5) is 0 Å². The third-order valence-corrected chi connectivity index (χ3v) is 3.10. The Kier molecular flexibility index (Phi) is 3.01. The predicted molar refractivity (Wildman–Crippen MR) is 54.9 cm³/mol. The lowest BCUT2D eigenvalue weighted by molar-refractivity contribution is 0.606. The van der Waals surface area contributed by atoms with Crippen LogP contribution in [0.15, 0.2) is 23.9 Å². The van der Waals surface area contributed by atoms with Gasteiger partial charge < -0.3 is 4.57 Å². The Labute approximate surface area is 87.6 Å². The lowest BCUT2D eigenvalue weighted by Crippen LogP contribution is -2.02. The zero-order valence-corrected chi connectivity index (χ0v) is 9.51. The molecule has 0 spiro atoms. The van der Waals surface area contributed by atoms with E-state index in [2.05, 4.69) is 11.6 Å². The Morgan fingerprint density at radius 1 is 1.71 bits per heavy atom. The number of aromatic nitrogens is 2. The molecule has 0 fully saturated rings. The maximum absolute atomic E-state index is 11.0. The van der Waals surface area contributed by atoms with Gasteiger partial charge in [0.2, 0.25) is 0 Å². The van der Waals surface area contributed by atoms with Crippen LogP contribution in [0.25, 0.3) is 0 Å². The zero-order chi connectivity index (χ0) is 10.9. The van der Waals surface area contributed by atoms with Crippen LogP contribution in [0.3, 0.4) is 0 Å². The number of nitrogens with zero attached hydrogens (tertiary/aromatic N) is 2. The Balaban J connectivity index is 3.25. The highest BCUT2D eigenvalue weighted by Crippen LogP contribution is 2.17. The van der Waals surface area contributed by atoms with Crippen molar-refractivity contribution in [2.24, 2.45) is 0 Å². The molecule has 6 heteroatoms. The van der Waals surface area contributed by atoms with Crippen LogP contribution in [0.2, 0.25) is 0 Å². The molecule has 1 aromatic rings. The molecule has 0 aromatic carbocycles. The van der Waals surface area contributed by atoms with E-state index < -0.39 is 9.05 Å². The minimum Gasteiger partial charge on any atom is -0.327 e. The first-order chi connectivity index (χ1) is 6.36. The van der Waals surface area contributed by atoms with Crippen molar-refractivity contribution in [1.29, 1.82) is 0 Å². The second-order valence-corrected chi connectivity index (χ2v) is 5.46. The largest absolute Gasteiger partial charge is 0.327 e. The van der Waals surface area contributed by atoms with Gasteiger partial charge in [-0.15, -0.1) is 6.58 Å². The highest BCUT2D eigenvalue weighted by molar-refractivity contribution is 8.13. The molecular formula is C8H11ClN2O2S. The molecule has 0 aliphatic rings. The molecule has 0 aliphatic carbocycles. The van der Waals surface area contributed by atoms with Crippen molar-refractivity contribution in [3.63, 3.8) is 0 Å². The summed E-state index contributed by atoms with van der Waals surface area (Å²) in [5.74, 6) is 0.594. The highest BCUT2D eigenvalue weighted by atomic mass is 35.7. The molecule has 1 rings (SSSR count). The van der Waals surface area contributed by atoms with E-state index in [1.807, 2.05) is 6.92 Å². The molecule has 1 unspecified atom stereocenters. The molecule has 0 saturated carbocycles. The van der Waals surface area contributed by atoms with Gasteiger partial charge in [0, 0.05) is 22.9 Å². The normalized spacial score (nSPS) is 13.9. The summed E-state index contributed by atoms with van der Waals surface area (Å²) in [6.07, 6.45) is 3.10. The number of hydrogen-bond donors (Lipinski definition) is 0. The Morgan fingerprint density at radius 3 is 2.64 bits per heavy atom. The van der Waals surface area contributed by atoms with E-state index in [-0.39, 0.29) is 11.1 Å². The van der Waals surface area contributed by atoms with E-state index in [4.69, 9.17) is 10.7 Å². The maximum atomic E-state index is 11.0. The first-order valence-corrected chi connectivity index (χ1v) is 6.30. The molecule has 0 saturated heterocycles. The molecule has 0 radical (unpaired) electrons. The van der Waals surface area contributed by atoms with Gasteiger partial charge in [-0.05, 0) is 13.8 Å². The maximum Gasteiger partial charge on any atom is 0.280 e. The fraction of sp³-hybridized carbons (Fsp3) is 0.375. The van der Waals surface area contributed by atoms with E-state index in [1.165, 1.54) is 6.20 Å². The molecule has 14 heavy (non-hydrogen) atoms. The lowest BCUT2D eigenvalue weighted by Gasteiger charge is -2.08. The summed E-state index contributed by atoms with van der Waals surface area (Å²) in [5.41, 5.74) is 0. The van der Waals surface area contributed by atoms with Crippen molar-refractivity contribution in [1.82, 2.24) is 9.55 Å². The molecule has 4 nitrogen and oxygen atoms in total. The van der Waals surface area contributed by atoms with Gasteiger partial charge in [0.15, 0.2) is 5.03 Å². The topological polar surface area (TPSA) is 52.0 Å². The van der Waals surface area contributed by atoms with Crippen molar-refractivity contribution in [3.8, 4) is 0 Å². The van der Waals surface area contributed by atoms with Crippen molar-refractivity contribution < 1.29 is 8.42 Å². The van der Waals surface area contributed by atoms with E-state index in [0.29, 0.717) is 5.82 Å². The first-order valence-electron chi connectivity index (χ1n) is 3.99. The third kappa shape index (κ3) is 2.16. The Bertz CT molecular complexity index is 450. The smallest absolute Gasteiger partial charge is 0.280 e. The lowest BCUT2D eigenvalue weighted by atomic mass is 10.3. The fourth-order valence-corrected chi connectivity index (χ4v) is 1.81. The van der Waals surface area contributed by atoms with Crippen LogP contribution in [0.5, 0.6) is 0 Å². The monoisotopic (exact) mass is 234 g/mol. The van der Waals surface area contributed by atoms with Gasteiger partial charge in [-0.1, -0.05) is 6.08 Å². The van der Waals surface area contributed by atoms with Gasteiger partial charge >= 0.3 is 0 Å². The van der Waals surface area contributed by atoms with Crippen molar-refractivity contribution in [3.05, 3.63) is 24.7 Å². The van der Waals surface area contributed by atoms with Crippen LogP contribution in [-0.2, 0) is 9.05 Å². The molecule has 0 amide bonds. The summed E-state index contributed by atoms with van der Waals surface area (Å²) >= 11 is 0. The second-order valence-electron chi connectivity index (χ2n) is 2.95. The number of allylic oxidation sites excluding steroid dienone is 1. The molecule has 0 aliphatic heterocycles. The molecule has 0 bridgehead atoms. The first kappa shape index (κ1) is 11.3. The zero-order valence-electron chi connectivity index (χ0n) is 7.94. The van der Waals surface area contributed by atoms with Crippen molar-refractivity contribution in [2.45, 2.75) is 24.9 Å². The minimum absolute atomic E-state index is 0.00494. The summed E-state index contributed by atoms with van der Waals surface area (Å²) in [5, 5.41) is -0.120. The van der Waals surface area contributed by atoms with Crippen LogP contribution >= 0.6 is 10.7 Å². The van der Waals surface area contributed by atoms with E-state index >= 15 is 0 Å². The van der Waals surface area contributed by atoms with Gasteiger partial charge in [-0.2, -0.15) is 0 Å². The fourth-order valence-electron chi connectivity index (χ4n) is 1.10. The highest BCUT2D eigenvalue weighted by Gasteiger charge is 2.17. The van der Waals surface area contributed by atoms with Crippen LogP contribution < -0.4 is 0 Å². The summed E-state index contributed by atoms with van der Waals surface area (Å²) in [6.45, 7) is 7.21. The molecular weight excluding hydrogens is 224 g/mol. The van der Waals surface area contributed by atoms with Gasteiger partial charge in [-0.25, -0.2) is 13.4 Å². The van der Waals surface area contributed by atoms with Gasteiger partial charge in [-0.3, -0.25) is 0 Å². The molecule has 1 atom stereocenters. The summed E-state index contributed by atoms with van der Waals surface area (Å²) in [7, 11) is 1.42. The standard InChI is InChI=1S/C8H11ClN2O2S/c1-4-6(2)11-5-8(10-7(11)3)14(9,12)13/h4-6H,1H2,2-3H3. The SMILES string of the molecule is C=CC(C)n1cc(S(=O)(=O)Cl)nc1C. The summed E-state index contributed by atoms with van der Waals surface area (Å²) in [6, 6.07) is -0.00494. The molecule has 78 valence electrons. The van der Waals surface area contributed by atoms with Crippen LogP contribution in [0.1, 0.15) is 18.8 Å². The van der Waals surface area contributed by atoms with E-state index in [1.54, 1.807) is 17.6 Å². The van der Waals surface area contributed by atoms with Crippen molar-refractivity contribution >= 4 is 19.7 Å². The third-order valence-electron chi connectivity index (χ3n) is 1.92. The number of imidazole rings is 1. The van der Waals surface area contributed by atoms with Gasteiger partial charge in [0.25, 0.3) is 9.05 Å². The average Bonchev–Trinajstić information content (AvgIpc) is 2.45. The number of aryl methyl sites for hydroxylation is 1. The van der Waals surface area contributed by atoms with Gasteiger partial charge in [0.1, 0.15) is 5.82 Å². The second kappa shape index (κ2) is 3.74. The van der Waals surface area contributed by atoms with E-state index in [0.717, 1.165) is 0 Å². The quantitative estimate of drug-likeness (QED) is 0.593. The molecule has 1 aromatic heterocycles. The molecule has 0 N–H and O–H groups in total. The Morgan fingerprint density at radius 2 is 2.29 bits per heavy atom. The molecule has 1 heterocycles. The predicted octanol–water partition coefficient (Wildman–Crippen LogP) is 1.87. The minimum atomic E-state index is -3.74. The average molecular weight is 235 g/mol. The van der Waals surface area contributed by atoms with Gasteiger partial charge in [0.05, 0.1) is 0 Å². The van der Waals surface area contributed by atoms with Crippen LogP contribution in [-0.4, -0.2) is 18.0 Å². The summed E-state index contributed by atoms with van der Waals surface area (Å²) < 4.78 is 23.6. The number of halogens is 1. The number of hydrogen-bond acceptors (Lipinski definition) is 3. The number of rotatable bonds is 3. The van der Waals surface area contributed by atoms with Crippen molar-refractivity contribution in [2.75, 3.05) is 0 Å².